The van der Waals surface area contributed by atoms with Crippen molar-refractivity contribution in [2.75, 3.05) is 23.3 Å². The van der Waals surface area contributed by atoms with E-state index in [2.05, 4.69) is 10.6 Å². The minimum Gasteiger partial charge on any atom is -0.497 e. The van der Waals surface area contributed by atoms with Crippen LogP contribution < -0.4 is 19.7 Å². The van der Waals surface area contributed by atoms with E-state index in [-0.39, 0.29) is 10.0 Å². The van der Waals surface area contributed by atoms with Gasteiger partial charge in [-0.3, -0.25) is 14.4 Å². The van der Waals surface area contributed by atoms with Crippen LogP contribution in [0.25, 0.3) is 6.08 Å². The third-order valence-electron chi connectivity index (χ3n) is 4.81. The fourth-order valence-corrected chi connectivity index (χ4v) is 4.82. The molecule has 0 atom stereocenters. The van der Waals surface area contributed by atoms with Gasteiger partial charge in [-0.1, -0.05) is 30.3 Å². The number of benzene rings is 3. The molecule has 0 bridgehead atoms. The predicted octanol–water partition coefficient (Wildman–Crippen LogP) is 4.44. The average molecular weight is 496 g/mol. The summed E-state index contributed by atoms with van der Waals surface area (Å²) < 4.78 is 32.6. The number of rotatable bonds is 8. The van der Waals surface area contributed by atoms with Crippen LogP contribution in [0, 0.1) is 0 Å². The molecule has 3 aromatic rings. The lowest BCUT2D eigenvalue weighted by molar-refractivity contribution is -0.115. The third-order valence-corrected chi connectivity index (χ3v) is 6.93. The Morgan fingerprint density at radius 2 is 1.65 bits per heavy atom. The molecule has 0 aromatic heterocycles. The molecular weight excluding hydrogens is 470 g/mol. The van der Waals surface area contributed by atoms with Crippen molar-refractivity contribution in [3.63, 3.8) is 0 Å². The molecule has 0 radical (unpaired) electrons. The van der Waals surface area contributed by atoms with E-state index in [1.165, 1.54) is 22.5 Å². The number of carbonyl (C=O) groups is 1. The number of thiocarbonyl (C=S) groups is 1. The van der Waals surface area contributed by atoms with Crippen LogP contribution in [0.4, 0.5) is 11.4 Å². The first-order valence-corrected chi connectivity index (χ1v) is 12.3. The molecule has 3 rings (SSSR count). The predicted molar refractivity (Wildman–Crippen MR) is 139 cm³/mol. The van der Waals surface area contributed by atoms with Gasteiger partial charge >= 0.3 is 0 Å². The van der Waals surface area contributed by atoms with Crippen molar-refractivity contribution in [3.8, 4) is 5.75 Å². The minimum absolute atomic E-state index is 0.0967. The highest BCUT2D eigenvalue weighted by Gasteiger charge is 2.23. The summed E-state index contributed by atoms with van der Waals surface area (Å²) in [5.41, 5.74) is 1.98. The van der Waals surface area contributed by atoms with Crippen LogP contribution in [-0.4, -0.2) is 33.1 Å². The molecular formula is C25H25N3O4S2. The molecule has 7 nitrogen and oxygen atoms in total. The topological polar surface area (TPSA) is 87.7 Å². The van der Waals surface area contributed by atoms with Crippen molar-refractivity contribution in [2.24, 2.45) is 0 Å². The molecule has 2 N–H and O–H groups in total. The number of ether oxygens (including phenoxy) is 1. The van der Waals surface area contributed by atoms with Crippen molar-refractivity contribution >= 4 is 50.7 Å². The van der Waals surface area contributed by atoms with E-state index in [0.717, 1.165) is 11.3 Å². The van der Waals surface area contributed by atoms with Gasteiger partial charge in [0.2, 0.25) is 5.91 Å². The number of anilines is 2. The van der Waals surface area contributed by atoms with Crippen LogP contribution >= 0.6 is 12.2 Å². The summed E-state index contributed by atoms with van der Waals surface area (Å²) in [6.45, 7) is 2.08. The monoisotopic (exact) mass is 495 g/mol. The largest absolute Gasteiger partial charge is 0.497 e. The number of hydrogen-bond donors (Lipinski definition) is 2. The number of nitrogens with one attached hydrogen (secondary N) is 2. The van der Waals surface area contributed by atoms with Crippen LogP contribution in [0.2, 0.25) is 0 Å². The van der Waals surface area contributed by atoms with Gasteiger partial charge in [0, 0.05) is 18.3 Å². The number of methoxy groups -OCH3 is 1. The molecule has 0 saturated heterocycles. The maximum atomic E-state index is 13.1. The molecule has 0 unspecified atom stereocenters. The smallest absolute Gasteiger partial charge is 0.264 e. The second-order valence-corrected chi connectivity index (χ2v) is 9.35. The van der Waals surface area contributed by atoms with Crippen LogP contribution in [0.15, 0.2) is 89.8 Å². The first-order chi connectivity index (χ1) is 16.3. The Morgan fingerprint density at radius 1 is 1.00 bits per heavy atom. The van der Waals surface area contributed by atoms with Crippen LogP contribution in [0.5, 0.6) is 5.75 Å². The Bertz CT molecular complexity index is 1260. The number of nitrogens with zero attached hydrogens (tertiary/aromatic N) is 1. The molecule has 0 saturated carbocycles. The fraction of sp³-hybridized carbons (Fsp3) is 0.120. The Balaban J connectivity index is 1.60. The van der Waals surface area contributed by atoms with Crippen LogP contribution in [0.3, 0.4) is 0 Å². The van der Waals surface area contributed by atoms with Crippen LogP contribution in [-0.2, 0) is 14.8 Å². The molecule has 0 aliphatic carbocycles. The lowest BCUT2D eigenvalue weighted by atomic mass is 10.2. The van der Waals surface area contributed by atoms with Gasteiger partial charge in [-0.25, -0.2) is 8.42 Å². The average Bonchev–Trinajstić information content (AvgIpc) is 2.84. The molecule has 3 aromatic carbocycles. The highest BCUT2D eigenvalue weighted by atomic mass is 32.2. The first-order valence-electron chi connectivity index (χ1n) is 10.5. The quantitative estimate of drug-likeness (QED) is 0.355. The standard InChI is InChI=1S/C25H25N3O4S2/c1-3-28(21-7-5-4-6-8-21)34(30,31)23-16-12-20(13-17-23)26-25(33)27-24(29)18-11-19-9-14-22(32-2)15-10-19/h4-18H,3H2,1-2H3,(H2,26,27,29,33). The maximum absolute atomic E-state index is 13.1. The highest BCUT2D eigenvalue weighted by Crippen LogP contribution is 2.24. The number of carbonyl (C=O) groups excluding carboxylic acids is 1. The summed E-state index contributed by atoms with van der Waals surface area (Å²) in [6, 6.07) is 22.4. The molecule has 34 heavy (non-hydrogen) atoms. The molecule has 176 valence electrons. The molecule has 0 spiro atoms. The molecule has 0 fully saturated rings. The first kappa shape index (κ1) is 24.9. The van der Waals surface area contributed by atoms with Crippen LogP contribution in [0.1, 0.15) is 12.5 Å². The van der Waals surface area contributed by atoms with E-state index in [1.807, 2.05) is 18.2 Å². The molecule has 9 heteroatoms. The Kier molecular flexibility index (Phi) is 8.39. The maximum Gasteiger partial charge on any atom is 0.264 e. The minimum atomic E-state index is -3.72. The number of hydrogen-bond acceptors (Lipinski definition) is 5. The van der Waals surface area contributed by atoms with Gasteiger partial charge in [0.05, 0.1) is 17.7 Å². The number of para-hydroxylation sites is 1. The Morgan fingerprint density at radius 3 is 2.24 bits per heavy atom. The van der Waals surface area contributed by atoms with E-state index < -0.39 is 15.9 Å². The summed E-state index contributed by atoms with van der Waals surface area (Å²) in [5.74, 6) is 0.335. The highest BCUT2D eigenvalue weighted by molar-refractivity contribution is 7.92. The van der Waals surface area contributed by atoms with E-state index >= 15 is 0 Å². The summed E-state index contributed by atoms with van der Waals surface area (Å²) in [4.78, 5) is 12.3. The van der Waals surface area contributed by atoms with E-state index in [4.69, 9.17) is 17.0 Å². The van der Waals surface area contributed by atoms with Gasteiger partial charge in [0.15, 0.2) is 5.11 Å². The second kappa shape index (κ2) is 11.4. The van der Waals surface area contributed by atoms with Gasteiger partial charge in [-0.05, 0) is 79.3 Å². The Hall–Kier alpha value is -3.69. The molecule has 0 aliphatic rings. The molecule has 0 heterocycles. The van der Waals surface area contributed by atoms with Gasteiger partial charge in [-0.15, -0.1) is 0 Å². The van der Waals surface area contributed by atoms with Crippen molar-refractivity contribution in [1.29, 1.82) is 0 Å². The summed E-state index contributed by atoms with van der Waals surface area (Å²) in [6.07, 6.45) is 3.03. The van der Waals surface area contributed by atoms with E-state index in [9.17, 15) is 13.2 Å². The normalized spacial score (nSPS) is 11.1. The van der Waals surface area contributed by atoms with Gasteiger partial charge in [0.1, 0.15) is 5.75 Å². The summed E-state index contributed by atoms with van der Waals surface area (Å²) in [5, 5.41) is 5.54. The number of sulfonamides is 1. The lowest BCUT2D eigenvalue weighted by Gasteiger charge is -2.23. The lowest BCUT2D eigenvalue weighted by Crippen LogP contribution is -2.33. The Labute approximate surface area is 205 Å². The zero-order valence-corrected chi connectivity index (χ0v) is 20.4. The summed E-state index contributed by atoms with van der Waals surface area (Å²) in [7, 11) is -2.13. The van der Waals surface area contributed by atoms with Gasteiger partial charge in [0.25, 0.3) is 10.0 Å². The van der Waals surface area contributed by atoms with Crippen molar-refractivity contribution in [3.05, 3.63) is 90.5 Å². The zero-order chi connectivity index (χ0) is 24.6. The number of amides is 1. The van der Waals surface area contributed by atoms with Crippen molar-refractivity contribution in [1.82, 2.24) is 5.32 Å². The SMILES string of the molecule is CCN(c1ccccc1)S(=O)(=O)c1ccc(NC(=S)NC(=O)C=Cc2ccc(OC)cc2)cc1. The van der Waals surface area contributed by atoms with E-state index in [1.54, 1.807) is 68.6 Å². The zero-order valence-electron chi connectivity index (χ0n) is 18.8. The van der Waals surface area contributed by atoms with Gasteiger partial charge < -0.3 is 10.1 Å². The van der Waals surface area contributed by atoms with Crippen molar-refractivity contribution < 1.29 is 17.9 Å². The molecule has 0 aliphatic heterocycles. The second-order valence-electron chi connectivity index (χ2n) is 7.08. The van der Waals surface area contributed by atoms with E-state index in [0.29, 0.717) is 17.9 Å². The van der Waals surface area contributed by atoms with Gasteiger partial charge in [-0.2, -0.15) is 0 Å². The fourth-order valence-electron chi connectivity index (χ4n) is 3.13. The molecule has 1 amide bonds. The third kappa shape index (κ3) is 6.43. The summed E-state index contributed by atoms with van der Waals surface area (Å²) >= 11 is 5.19. The van der Waals surface area contributed by atoms with Crippen molar-refractivity contribution in [2.45, 2.75) is 11.8 Å².